The van der Waals surface area contributed by atoms with Crippen molar-refractivity contribution in [3.05, 3.63) is 54.2 Å². The van der Waals surface area contributed by atoms with Crippen molar-refractivity contribution >= 4 is 29.1 Å². The summed E-state index contributed by atoms with van der Waals surface area (Å²) in [7, 11) is 0. The minimum atomic E-state index is -1.25. The van der Waals surface area contributed by atoms with Gasteiger partial charge in [-0.15, -0.1) is 0 Å². The number of amides is 2. The molecule has 3 N–H and O–H groups in total. The van der Waals surface area contributed by atoms with Gasteiger partial charge < -0.3 is 25.4 Å². The van der Waals surface area contributed by atoms with Crippen LogP contribution < -0.4 is 20.7 Å². The fourth-order valence-corrected chi connectivity index (χ4v) is 5.35. The first kappa shape index (κ1) is 29.4. The Hall–Kier alpha value is -4.06. The van der Waals surface area contributed by atoms with Crippen LogP contribution in [0.15, 0.2) is 43.1 Å². The molecular formula is C30H38FN7O4. The predicted molar refractivity (Wildman–Crippen MR) is 156 cm³/mol. The minimum absolute atomic E-state index is 0.00988. The van der Waals surface area contributed by atoms with Crippen LogP contribution in [-0.4, -0.2) is 62.9 Å². The SMILES string of the molecule is C=CC(=O)N[C@H]1CC[C@@H](C(=O)Nc2cccc(CNc3nc(OC4CCOCC4F)nc4c(C(C)C)cnn34)c2)CC1. The van der Waals surface area contributed by atoms with Gasteiger partial charge in [-0.3, -0.25) is 9.59 Å². The number of nitrogens with zero attached hydrogens (tertiary/aromatic N) is 4. The second-order valence-corrected chi connectivity index (χ2v) is 11.2. The van der Waals surface area contributed by atoms with E-state index >= 15 is 0 Å². The van der Waals surface area contributed by atoms with Crippen LogP contribution in [0.25, 0.3) is 5.65 Å². The summed E-state index contributed by atoms with van der Waals surface area (Å²) in [6.07, 6.45) is 4.45. The summed E-state index contributed by atoms with van der Waals surface area (Å²) >= 11 is 0. The average Bonchev–Trinajstić information content (AvgIpc) is 3.42. The van der Waals surface area contributed by atoms with E-state index in [0.29, 0.717) is 49.7 Å². The van der Waals surface area contributed by atoms with E-state index < -0.39 is 12.3 Å². The minimum Gasteiger partial charge on any atom is -0.457 e. The molecule has 42 heavy (non-hydrogen) atoms. The molecule has 1 aromatic carbocycles. The van der Waals surface area contributed by atoms with Gasteiger partial charge in [0.1, 0.15) is 6.10 Å². The van der Waals surface area contributed by atoms with Crippen LogP contribution in [0.5, 0.6) is 6.01 Å². The van der Waals surface area contributed by atoms with Crippen molar-refractivity contribution in [3.63, 3.8) is 0 Å². The summed E-state index contributed by atoms with van der Waals surface area (Å²) < 4.78 is 27.1. The molecule has 3 heterocycles. The Morgan fingerprint density at radius 1 is 1.21 bits per heavy atom. The third-order valence-corrected chi connectivity index (χ3v) is 7.76. The number of benzene rings is 1. The highest BCUT2D eigenvalue weighted by molar-refractivity contribution is 5.92. The van der Waals surface area contributed by atoms with Crippen LogP contribution in [0.3, 0.4) is 0 Å². The number of carbonyl (C=O) groups excluding carboxylic acids is 2. The summed E-state index contributed by atoms with van der Waals surface area (Å²) in [6.45, 7) is 8.39. The number of halogens is 1. The summed E-state index contributed by atoms with van der Waals surface area (Å²) in [5.74, 6) is 0.270. The molecule has 0 radical (unpaired) electrons. The molecule has 3 aromatic rings. The van der Waals surface area contributed by atoms with Gasteiger partial charge in [0.05, 0.1) is 19.4 Å². The summed E-state index contributed by atoms with van der Waals surface area (Å²) in [5.41, 5.74) is 3.14. The standard InChI is InChI=1S/C30H38FN7O4/c1-4-26(39)34-21-10-8-20(9-11-21)28(40)35-22-7-5-6-19(14-22)15-32-29-37-30(42-25-12-13-41-17-24(25)31)36-27-23(18(2)3)16-33-38(27)29/h4-7,14,16,18,20-21,24-25H,1,8-13,15,17H2,2-3H3,(H,34,39)(H,35,40)(H,32,36,37)/t20-,21+,24?,25?. The van der Waals surface area contributed by atoms with Gasteiger partial charge in [-0.25, -0.2) is 4.39 Å². The summed E-state index contributed by atoms with van der Waals surface area (Å²) in [6, 6.07) is 7.77. The fraction of sp³-hybridized carbons (Fsp3) is 0.500. The lowest BCUT2D eigenvalue weighted by atomic mass is 9.85. The fourth-order valence-electron chi connectivity index (χ4n) is 5.35. The third kappa shape index (κ3) is 7.04. The Kier molecular flexibility index (Phi) is 9.31. The summed E-state index contributed by atoms with van der Waals surface area (Å²) in [4.78, 5) is 33.6. The van der Waals surface area contributed by atoms with Crippen LogP contribution in [0.1, 0.15) is 63.0 Å². The first-order valence-corrected chi connectivity index (χ1v) is 14.5. The highest BCUT2D eigenvalue weighted by Crippen LogP contribution is 2.27. The van der Waals surface area contributed by atoms with Crippen LogP contribution >= 0.6 is 0 Å². The summed E-state index contributed by atoms with van der Waals surface area (Å²) in [5, 5.41) is 13.8. The van der Waals surface area contributed by atoms with Gasteiger partial charge in [0.15, 0.2) is 11.8 Å². The molecule has 11 nitrogen and oxygen atoms in total. The number of nitrogens with one attached hydrogen (secondary N) is 3. The largest absolute Gasteiger partial charge is 0.457 e. The van der Waals surface area contributed by atoms with Crippen LogP contribution in [0, 0.1) is 5.92 Å². The molecule has 1 saturated heterocycles. The number of aromatic nitrogens is 4. The zero-order valence-electron chi connectivity index (χ0n) is 24.0. The van der Waals surface area contributed by atoms with E-state index in [1.807, 2.05) is 24.3 Å². The Bertz CT molecular complexity index is 1420. The van der Waals surface area contributed by atoms with Crippen molar-refractivity contribution in [2.45, 2.75) is 76.7 Å². The number of carbonyl (C=O) groups is 2. The molecule has 2 atom stereocenters. The lowest BCUT2D eigenvalue weighted by Crippen LogP contribution is -2.38. The van der Waals surface area contributed by atoms with E-state index in [1.54, 1.807) is 10.7 Å². The van der Waals surface area contributed by atoms with E-state index in [-0.39, 0.29) is 42.3 Å². The van der Waals surface area contributed by atoms with Gasteiger partial charge >= 0.3 is 6.01 Å². The number of ether oxygens (including phenoxy) is 2. The van der Waals surface area contributed by atoms with Gasteiger partial charge in [0.25, 0.3) is 0 Å². The molecule has 5 rings (SSSR count). The predicted octanol–water partition coefficient (Wildman–Crippen LogP) is 4.17. The average molecular weight is 580 g/mol. The molecule has 2 aliphatic rings. The third-order valence-electron chi connectivity index (χ3n) is 7.76. The molecule has 12 heteroatoms. The molecule has 1 saturated carbocycles. The topological polar surface area (TPSA) is 132 Å². The number of hydrogen-bond donors (Lipinski definition) is 3. The quantitative estimate of drug-likeness (QED) is 0.305. The van der Waals surface area contributed by atoms with Crippen molar-refractivity contribution in [1.82, 2.24) is 24.9 Å². The van der Waals surface area contributed by atoms with Crippen LogP contribution in [0.2, 0.25) is 0 Å². The van der Waals surface area contributed by atoms with E-state index in [0.717, 1.165) is 24.0 Å². The molecule has 0 bridgehead atoms. The van der Waals surface area contributed by atoms with Crippen molar-refractivity contribution < 1.29 is 23.5 Å². The zero-order valence-corrected chi connectivity index (χ0v) is 24.0. The Morgan fingerprint density at radius 3 is 2.76 bits per heavy atom. The van der Waals surface area contributed by atoms with Gasteiger partial charge in [-0.05, 0) is 55.4 Å². The van der Waals surface area contributed by atoms with Crippen LogP contribution in [-0.2, 0) is 20.9 Å². The normalized spacial score (nSPS) is 22.5. The second-order valence-electron chi connectivity index (χ2n) is 11.2. The molecule has 1 aliphatic heterocycles. The number of alkyl halides is 1. The van der Waals surface area contributed by atoms with E-state index in [9.17, 15) is 14.0 Å². The molecular weight excluding hydrogens is 541 g/mol. The number of anilines is 2. The van der Waals surface area contributed by atoms with E-state index in [4.69, 9.17) is 9.47 Å². The maximum Gasteiger partial charge on any atom is 0.322 e. The van der Waals surface area contributed by atoms with Gasteiger partial charge in [-0.1, -0.05) is 32.6 Å². The number of hydrogen-bond acceptors (Lipinski definition) is 8. The van der Waals surface area contributed by atoms with Gasteiger partial charge in [0, 0.05) is 36.2 Å². The molecule has 2 fully saturated rings. The molecule has 1 aliphatic carbocycles. The first-order chi connectivity index (χ1) is 20.3. The Morgan fingerprint density at radius 2 is 2.02 bits per heavy atom. The lowest BCUT2D eigenvalue weighted by molar-refractivity contribution is -0.121. The lowest BCUT2D eigenvalue weighted by Gasteiger charge is -2.28. The number of fused-ring (bicyclic) bond motifs is 1. The van der Waals surface area contributed by atoms with Crippen molar-refractivity contribution in [1.29, 1.82) is 0 Å². The van der Waals surface area contributed by atoms with Crippen molar-refractivity contribution in [2.24, 2.45) is 5.92 Å². The highest BCUT2D eigenvalue weighted by atomic mass is 19.1. The molecule has 2 unspecified atom stereocenters. The Labute approximate surface area is 244 Å². The van der Waals surface area contributed by atoms with E-state index in [1.165, 1.54) is 6.08 Å². The molecule has 224 valence electrons. The van der Waals surface area contributed by atoms with Crippen LogP contribution in [0.4, 0.5) is 16.0 Å². The van der Waals surface area contributed by atoms with Crippen molar-refractivity contribution in [3.8, 4) is 6.01 Å². The number of rotatable bonds is 10. The van der Waals surface area contributed by atoms with Gasteiger partial charge in [0.2, 0.25) is 17.8 Å². The Balaban J connectivity index is 1.25. The molecule has 2 aromatic heterocycles. The van der Waals surface area contributed by atoms with Crippen molar-refractivity contribution in [2.75, 3.05) is 23.8 Å². The molecule has 0 spiro atoms. The van der Waals surface area contributed by atoms with Gasteiger partial charge in [-0.2, -0.15) is 19.6 Å². The zero-order chi connectivity index (χ0) is 29.6. The molecule has 2 amide bonds. The second kappa shape index (κ2) is 13.3. The maximum absolute atomic E-state index is 14.4. The monoisotopic (exact) mass is 579 g/mol. The van der Waals surface area contributed by atoms with E-state index in [2.05, 4.69) is 51.4 Å². The first-order valence-electron chi connectivity index (χ1n) is 14.5. The maximum atomic E-state index is 14.4. The smallest absolute Gasteiger partial charge is 0.322 e. The highest BCUT2D eigenvalue weighted by Gasteiger charge is 2.29.